The molecule has 0 spiro atoms. The second-order valence-electron chi connectivity index (χ2n) is 6.26. The van der Waals surface area contributed by atoms with Crippen molar-refractivity contribution in [1.29, 1.82) is 0 Å². The number of halogens is 4. The lowest BCUT2D eigenvalue weighted by Crippen LogP contribution is -1.81. The van der Waals surface area contributed by atoms with Gasteiger partial charge in [0.1, 0.15) is 0 Å². The average molecular weight is 448 g/mol. The highest BCUT2D eigenvalue weighted by molar-refractivity contribution is 6.38. The fourth-order valence-electron chi connectivity index (χ4n) is 3.07. The van der Waals surface area contributed by atoms with Crippen LogP contribution in [0.25, 0.3) is 46.4 Å². The normalized spacial score (nSPS) is 12.7. The van der Waals surface area contributed by atoms with E-state index in [4.69, 9.17) is 46.4 Å². The number of rotatable bonds is 0. The average Bonchev–Trinajstić information content (AvgIpc) is 3.49. The Balaban J connectivity index is 1.97. The van der Waals surface area contributed by atoms with Gasteiger partial charge in [-0.2, -0.15) is 0 Å². The molecule has 8 bridgehead atoms. The molecule has 5 heterocycles. The number of nitrogens with zero attached hydrogens (tertiary/aromatic N) is 2. The zero-order valence-electron chi connectivity index (χ0n) is 14.0. The first-order valence-corrected chi connectivity index (χ1v) is 9.80. The van der Waals surface area contributed by atoms with Crippen LogP contribution in [0.1, 0.15) is 22.8 Å². The minimum absolute atomic E-state index is 0.471. The van der Waals surface area contributed by atoms with Crippen molar-refractivity contribution in [3.8, 4) is 0 Å². The molecule has 2 N–H and O–H groups in total. The van der Waals surface area contributed by atoms with E-state index in [-0.39, 0.29) is 0 Å². The predicted octanol–water partition coefficient (Wildman–Crippen LogP) is 7.27. The van der Waals surface area contributed by atoms with E-state index in [0.29, 0.717) is 64.9 Å². The van der Waals surface area contributed by atoms with E-state index in [9.17, 15) is 0 Å². The van der Waals surface area contributed by atoms with Gasteiger partial charge in [-0.05, 0) is 48.6 Å². The first kappa shape index (κ1) is 17.8. The van der Waals surface area contributed by atoms with Crippen molar-refractivity contribution in [3.63, 3.8) is 0 Å². The molecule has 138 valence electrons. The summed E-state index contributed by atoms with van der Waals surface area (Å²) in [5, 5.41) is 1.88. The molecule has 3 aromatic heterocycles. The van der Waals surface area contributed by atoms with Gasteiger partial charge in [0.15, 0.2) is 0 Å². The summed E-state index contributed by atoms with van der Waals surface area (Å²) in [5.74, 6) is 0. The van der Waals surface area contributed by atoms with Gasteiger partial charge in [-0.15, -0.1) is 0 Å². The second kappa shape index (κ2) is 6.68. The summed E-state index contributed by atoms with van der Waals surface area (Å²) in [6, 6.07) is 7.38. The van der Waals surface area contributed by atoms with Gasteiger partial charge in [0, 0.05) is 0 Å². The summed E-state index contributed by atoms with van der Waals surface area (Å²) in [7, 11) is 0. The van der Waals surface area contributed by atoms with E-state index in [1.807, 2.05) is 48.6 Å². The molecule has 0 radical (unpaired) electrons. The first-order chi connectivity index (χ1) is 13.5. The van der Waals surface area contributed by atoms with E-state index in [2.05, 4.69) is 19.9 Å². The standard InChI is InChI=1S/C20H10Cl4N4/c21-17-9-1-2-10(25-9)18(22)12-5-6-14(27-12)20(24)16-8-7-15(28-16)19(23)13-4-3-11(17)26-13/h1-8,25,28H. The molecule has 0 fully saturated rings. The number of aromatic amines is 2. The Hall–Kier alpha value is -2.24. The van der Waals surface area contributed by atoms with Crippen molar-refractivity contribution >= 4 is 92.8 Å². The first-order valence-electron chi connectivity index (χ1n) is 8.29. The van der Waals surface area contributed by atoms with Gasteiger partial charge in [-0.1, -0.05) is 46.4 Å². The molecule has 4 nitrogen and oxygen atoms in total. The summed E-state index contributed by atoms with van der Waals surface area (Å²) >= 11 is 26.2. The third-order valence-corrected chi connectivity index (χ3v) is 6.09. The lowest BCUT2D eigenvalue weighted by Gasteiger charge is -1.94. The molecule has 0 unspecified atom stereocenters. The smallest absolute Gasteiger partial charge is 0.0897 e. The predicted molar refractivity (Wildman–Crippen MR) is 119 cm³/mol. The Morgan fingerprint density at radius 1 is 0.464 bits per heavy atom. The van der Waals surface area contributed by atoms with Crippen LogP contribution in [0.15, 0.2) is 24.3 Å². The van der Waals surface area contributed by atoms with Crippen molar-refractivity contribution in [1.82, 2.24) is 19.9 Å². The van der Waals surface area contributed by atoms with Crippen LogP contribution in [0.2, 0.25) is 20.1 Å². The Morgan fingerprint density at radius 2 is 0.714 bits per heavy atom. The van der Waals surface area contributed by atoms with Crippen molar-refractivity contribution < 1.29 is 0 Å². The molecule has 5 rings (SSSR count). The number of aromatic nitrogens is 4. The van der Waals surface area contributed by atoms with Crippen LogP contribution in [0.4, 0.5) is 0 Å². The molecule has 0 saturated heterocycles. The number of nitrogens with one attached hydrogen (secondary N) is 2. The lowest BCUT2D eigenvalue weighted by molar-refractivity contribution is 1.31. The highest BCUT2D eigenvalue weighted by Crippen LogP contribution is 2.32. The summed E-state index contributed by atoms with van der Waals surface area (Å²) in [6.07, 6.45) is 7.27. The van der Waals surface area contributed by atoms with Crippen LogP contribution in [0, 0.1) is 0 Å². The monoisotopic (exact) mass is 446 g/mol. The molecule has 0 aliphatic carbocycles. The zero-order chi connectivity index (χ0) is 19.4. The van der Waals surface area contributed by atoms with Crippen LogP contribution in [-0.2, 0) is 0 Å². The van der Waals surface area contributed by atoms with Crippen LogP contribution in [0.5, 0.6) is 0 Å². The van der Waals surface area contributed by atoms with E-state index >= 15 is 0 Å². The van der Waals surface area contributed by atoms with E-state index in [1.165, 1.54) is 0 Å². The van der Waals surface area contributed by atoms with Gasteiger partial charge in [0.05, 0.1) is 64.9 Å². The summed E-state index contributed by atoms with van der Waals surface area (Å²) < 4.78 is 0. The maximum absolute atomic E-state index is 6.54. The number of hydrogen-bond donors (Lipinski definition) is 2. The van der Waals surface area contributed by atoms with Gasteiger partial charge in [0.25, 0.3) is 0 Å². The fourth-order valence-corrected chi connectivity index (χ4v) is 3.93. The molecule has 3 aromatic rings. The third-order valence-electron chi connectivity index (χ3n) is 4.50. The summed E-state index contributed by atoms with van der Waals surface area (Å²) in [5.41, 5.74) is 5.21. The minimum Gasteiger partial charge on any atom is -0.353 e. The van der Waals surface area contributed by atoms with Crippen molar-refractivity contribution in [2.75, 3.05) is 0 Å². The zero-order valence-corrected chi connectivity index (χ0v) is 17.0. The van der Waals surface area contributed by atoms with Gasteiger partial charge >= 0.3 is 0 Å². The molecule has 0 atom stereocenters. The molecule has 2 aliphatic heterocycles. The molecular weight excluding hydrogens is 438 g/mol. The Morgan fingerprint density at radius 3 is 0.964 bits per heavy atom. The summed E-state index contributed by atoms with van der Waals surface area (Å²) in [6.45, 7) is 0. The number of hydrogen-bond acceptors (Lipinski definition) is 2. The largest absolute Gasteiger partial charge is 0.353 e. The molecule has 28 heavy (non-hydrogen) atoms. The topological polar surface area (TPSA) is 57.4 Å². The molecule has 0 saturated carbocycles. The molecule has 8 heteroatoms. The van der Waals surface area contributed by atoms with E-state index in [0.717, 1.165) is 0 Å². The minimum atomic E-state index is 0.471. The fraction of sp³-hybridized carbons (Fsp3) is 0. The molecule has 0 aromatic carbocycles. The number of H-pyrrole nitrogens is 2. The maximum atomic E-state index is 6.54. The number of fused-ring (bicyclic) bond motifs is 8. The van der Waals surface area contributed by atoms with Gasteiger partial charge in [-0.3, -0.25) is 0 Å². The Bertz CT molecular complexity index is 1160. The van der Waals surface area contributed by atoms with Gasteiger partial charge < -0.3 is 9.97 Å². The van der Waals surface area contributed by atoms with E-state index in [1.54, 1.807) is 0 Å². The summed E-state index contributed by atoms with van der Waals surface area (Å²) in [4.78, 5) is 15.5. The van der Waals surface area contributed by atoms with Crippen molar-refractivity contribution in [2.45, 2.75) is 0 Å². The lowest BCUT2D eigenvalue weighted by atomic mass is 10.3. The van der Waals surface area contributed by atoms with Crippen LogP contribution < -0.4 is 0 Å². The van der Waals surface area contributed by atoms with Crippen LogP contribution in [-0.4, -0.2) is 19.9 Å². The molecule has 0 amide bonds. The molecule has 2 aliphatic rings. The second-order valence-corrected chi connectivity index (χ2v) is 7.77. The van der Waals surface area contributed by atoms with Crippen molar-refractivity contribution in [3.05, 3.63) is 67.1 Å². The molecular formula is C20H10Cl4N4. The van der Waals surface area contributed by atoms with Crippen LogP contribution >= 0.6 is 46.4 Å². The highest BCUT2D eigenvalue weighted by Gasteiger charge is 2.13. The van der Waals surface area contributed by atoms with Crippen molar-refractivity contribution in [2.24, 2.45) is 0 Å². The SMILES string of the molecule is Clc1c2nc(c(Cl)c3ccc([nH]3)c(Cl)c3nc(c(Cl)c4ccc1[nH]4)C=C3)C=C2. The third kappa shape index (κ3) is 2.85. The maximum Gasteiger partial charge on any atom is 0.0897 e. The van der Waals surface area contributed by atoms with Crippen LogP contribution in [0.3, 0.4) is 0 Å². The Kier molecular flexibility index (Phi) is 4.25. The Labute approximate surface area is 179 Å². The van der Waals surface area contributed by atoms with Gasteiger partial charge in [0.2, 0.25) is 0 Å². The van der Waals surface area contributed by atoms with Gasteiger partial charge in [-0.25, -0.2) is 9.97 Å². The highest BCUT2D eigenvalue weighted by atomic mass is 35.5. The van der Waals surface area contributed by atoms with E-state index < -0.39 is 0 Å². The quantitative estimate of drug-likeness (QED) is 0.262.